The molecule has 9 heteroatoms. The van der Waals surface area contributed by atoms with Gasteiger partial charge in [-0.15, -0.1) is 0 Å². The first-order chi connectivity index (χ1) is 18.0. The lowest BCUT2D eigenvalue weighted by Crippen LogP contribution is -2.31. The summed E-state index contributed by atoms with van der Waals surface area (Å²) >= 11 is 12.2. The summed E-state index contributed by atoms with van der Waals surface area (Å²) in [5.74, 6) is -0.328. The van der Waals surface area contributed by atoms with Crippen molar-refractivity contribution in [3.63, 3.8) is 0 Å². The van der Waals surface area contributed by atoms with Gasteiger partial charge in [-0.05, 0) is 48.9 Å². The van der Waals surface area contributed by atoms with Crippen LogP contribution < -0.4 is 5.32 Å². The molecule has 1 unspecified atom stereocenters. The highest BCUT2D eigenvalue weighted by atomic mass is 35.5. The number of carbonyl (C=O) groups is 1. The first-order valence-electron chi connectivity index (χ1n) is 12.3. The third-order valence-corrected chi connectivity index (χ3v) is 7.41. The molecule has 0 radical (unpaired) electrons. The van der Waals surface area contributed by atoms with Crippen LogP contribution in [-0.2, 0) is 26.1 Å². The molecule has 1 aromatic carbocycles. The number of nitrogens with zero attached hydrogens (tertiary/aromatic N) is 4. The number of amides is 1. The van der Waals surface area contributed by atoms with E-state index in [9.17, 15) is 4.79 Å². The van der Waals surface area contributed by atoms with Crippen molar-refractivity contribution in [2.45, 2.75) is 51.9 Å². The van der Waals surface area contributed by atoms with E-state index in [2.05, 4.69) is 50.3 Å². The smallest absolute Gasteiger partial charge is 0.254 e. The molecule has 0 aliphatic heterocycles. The largest absolute Gasteiger partial charge is 0.348 e. The number of fused-ring (bicyclic) bond motifs is 1. The molecule has 4 aromatic rings. The average Bonchev–Trinajstić information content (AvgIpc) is 3.31. The number of benzene rings is 1. The summed E-state index contributed by atoms with van der Waals surface area (Å²) in [4.78, 5) is 31.5. The van der Waals surface area contributed by atoms with Crippen LogP contribution in [0.4, 0.5) is 0 Å². The molecule has 7 nitrogen and oxygen atoms in total. The zero-order valence-electron chi connectivity index (χ0n) is 20.5. The van der Waals surface area contributed by atoms with Crippen molar-refractivity contribution in [1.29, 1.82) is 0 Å². The van der Waals surface area contributed by atoms with Gasteiger partial charge in [-0.3, -0.25) is 19.7 Å². The van der Waals surface area contributed by atoms with Crippen LogP contribution in [0.15, 0.2) is 61.3 Å². The molecule has 0 saturated heterocycles. The lowest BCUT2D eigenvalue weighted by molar-refractivity contribution is 0.0951. The van der Waals surface area contributed by atoms with E-state index in [1.807, 2.05) is 24.4 Å². The predicted octanol–water partition coefficient (Wildman–Crippen LogP) is 5.82. The number of pyridine rings is 2. The maximum atomic E-state index is 12.6. The summed E-state index contributed by atoms with van der Waals surface area (Å²) in [6.45, 7) is 3.93. The van der Waals surface area contributed by atoms with Gasteiger partial charge in [-0.1, -0.05) is 53.5 Å². The summed E-state index contributed by atoms with van der Waals surface area (Å²) in [6, 6.07) is 12.8. The fourth-order valence-corrected chi connectivity index (χ4v) is 5.39. The Labute approximate surface area is 226 Å². The zero-order chi connectivity index (χ0) is 25.8. The minimum absolute atomic E-state index is 0.228. The Morgan fingerprint density at radius 2 is 1.84 bits per heavy atom. The molecule has 5 rings (SSSR count). The lowest BCUT2D eigenvalue weighted by Gasteiger charge is -2.35. The normalized spacial score (nSPS) is 15.0. The van der Waals surface area contributed by atoms with E-state index in [1.165, 1.54) is 29.2 Å². The standard InChI is InChI=1S/C28H28Cl2N6O/c1-18-24(35-17-34-18)16-36(25-6-2-4-21-5-3-11-32-27(21)25)15-20-9-7-19(8-10-20)12-33-28(37)26-22(29)13-31-14-23(26)30/h3,5,7-11,13-14,17,25H,2,4,6,12,15-16H2,1H3,(H,33,37)(H,34,35). The van der Waals surface area contributed by atoms with Gasteiger partial charge in [0.25, 0.3) is 5.91 Å². The lowest BCUT2D eigenvalue weighted by atomic mass is 9.90. The van der Waals surface area contributed by atoms with Gasteiger partial charge in [0.15, 0.2) is 0 Å². The maximum absolute atomic E-state index is 12.6. The van der Waals surface area contributed by atoms with Crippen molar-refractivity contribution in [3.05, 3.63) is 111 Å². The molecular formula is C28H28Cl2N6O. The Bertz CT molecular complexity index is 1370. The Hall–Kier alpha value is -3.26. The van der Waals surface area contributed by atoms with Crippen LogP contribution in [0, 0.1) is 6.92 Å². The van der Waals surface area contributed by atoms with Crippen molar-refractivity contribution >= 4 is 29.1 Å². The summed E-state index contributed by atoms with van der Waals surface area (Å²) < 4.78 is 0. The first kappa shape index (κ1) is 25.4. The number of imidazole rings is 1. The zero-order valence-corrected chi connectivity index (χ0v) is 22.1. The van der Waals surface area contributed by atoms with Crippen LogP contribution >= 0.6 is 23.2 Å². The van der Waals surface area contributed by atoms with Gasteiger partial charge in [0.1, 0.15) is 0 Å². The number of nitrogens with one attached hydrogen (secondary N) is 2. The fraction of sp³-hybridized carbons (Fsp3) is 0.286. The van der Waals surface area contributed by atoms with Crippen LogP contribution in [0.2, 0.25) is 10.0 Å². The van der Waals surface area contributed by atoms with E-state index in [0.29, 0.717) is 6.54 Å². The van der Waals surface area contributed by atoms with Gasteiger partial charge in [-0.25, -0.2) is 4.98 Å². The molecule has 1 aliphatic rings. The van der Waals surface area contributed by atoms with Gasteiger partial charge in [0, 0.05) is 43.9 Å². The summed E-state index contributed by atoms with van der Waals surface area (Å²) in [5, 5.41) is 3.35. The minimum Gasteiger partial charge on any atom is -0.348 e. The van der Waals surface area contributed by atoms with E-state index < -0.39 is 0 Å². The van der Waals surface area contributed by atoms with Crippen LogP contribution in [0.3, 0.4) is 0 Å². The van der Waals surface area contributed by atoms with Crippen molar-refractivity contribution in [2.75, 3.05) is 0 Å². The Morgan fingerprint density at radius 1 is 1.08 bits per heavy atom. The number of halogens is 2. The molecular weight excluding hydrogens is 507 g/mol. The van der Waals surface area contributed by atoms with Crippen molar-refractivity contribution in [3.8, 4) is 0 Å². The summed E-state index contributed by atoms with van der Waals surface area (Å²) in [7, 11) is 0. The van der Waals surface area contributed by atoms with Gasteiger partial charge in [0.2, 0.25) is 0 Å². The van der Waals surface area contributed by atoms with Crippen molar-refractivity contribution in [2.24, 2.45) is 0 Å². The Morgan fingerprint density at radius 3 is 2.57 bits per heavy atom. The molecule has 3 heterocycles. The SMILES string of the molecule is Cc1[nH]cnc1CN(Cc1ccc(CNC(=O)c2c(Cl)cncc2Cl)cc1)C1CCCc2cccnc21. The number of aromatic nitrogens is 4. The fourth-order valence-electron chi connectivity index (χ4n) is 4.85. The predicted molar refractivity (Wildman–Crippen MR) is 144 cm³/mol. The van der Waals surface area contributed by atoms with Gasteiger partial charge < -0.3 is 10.3 Å². The summed E-state index contributed by atoms with van der Waals surface area (Å²) in [6.07, 6.45) is 9.75. The number of aromatic amines is 1. The number of rotatable bonds is 8. The molecule has 190 valence electrons. The highest BCUT2D eigenvalue weighted by Crippen LogP contribution is 2.35. The molecule has 1 aliphatic carbocycles. The number of H-pyrrole nitrogens is 1. The number of carbonyl (C=O) groups excluding carboxylic acids is 1. The van der Waals surface area contributed by atoms with E-state index in [1.54, 1.807) is 6.33 Å². The van der Waals surface area contributed by atoms with E-state index >= 15 is 0 Å². The molecule has 0 bridgehead atoms. The van der Waals surface area contributed by atoms with Crippen LogP contribution in [0.5, 0.6) is 0 Å². The van der Waals surface area contributed by atoms with Crippen LogP contribution in [0.1, 0.15) is 63.0 Å². The number of hydrogen-bond acceptors (Lipinski definition) is 5. The minimum atomic E-state index is -0.328. The van der Waals surface area contributed by atoms with E-state index in [0.717, 1.165) is 49.3 Å². The number of aryl methyl sites for hydroxylation is 2. The van der Waals surface area contributed by atoms with Gasteiger partial charge >= 0.3 is 0 Å². The summed E-state index contributed by atoms with van der Waals surface area (Å²) in [5.41, 5.74) is 7.06. The van der Waals surface area contributed by atoms with Crippen molar-refractivity contribution < 1.29 is 4.79 Å². The Kier molecular flexibility index (Phi) is 7.84. The third kappa shape index (κ3) is 5.85. The quantitative estimate of drug-likeness (QED) is 0.297. The second-order valence-corrected chi connectivity index (χ2v) is 10.1. The molecule has 1 atom stereocenters. The van der Waals surface area contributed by atoms with Crippen molar-refractivity contribution in [1.82, 2.24) is 30.2 Å². The molecule has 0 spiro atoms. The maximum Gasteiger partial charge on any atom is 0.254 e. The highest BCUT2D eigenvalue weighted by Gasteiger charge is 2.28. The van der Waals surface area contributed by atoms with Gasteiger partial charge in [0.05, 0.1) is 39.4 Å². The van der Waals surface area contributed by atoms with Crippen LogP contribution in [0.25, 0.3) is 0 Å². The monoisotopic (exact) mass is 534 g/mol. The van der Waals surface area contributed by atoms with Crippen LogP contribution in [-0.4, -0.2) is 30.7 Å². The molecule has 37 heavy (non-hydrogen) atoms. The Balaban J connectivity index is 1.30. The second kappa shape index (κ2) is 11.4. The van der Waals surface area contributed by atoms with Gasteiger partial charge in [-0.2, -0.15) is 0 Å². The number of hydrogen-bond donors (Lipinski definition) is 2. The van der Waals surface area contributed by atoms with E-state index in [-0.39, 0.29) is 27.6 Å². The average molecular weight is 535 g/mol. The second-order valence-electron chi connectivity index (χ2n) is 9.31. The molecule has 1 amide bonds. The molecule has 3 aromatic heterocycles. The highest BCUT2D eigenvalue weighted by molar-refractivity contribution is 6.39. The topological polar surface area (TPSA) is 86.8 Å². The molecule has 2 N–H and O–H groups in total. The first-order valence-corrected chi connectivity index (χ1v) is 13.1. The third-order valence-electron chi connectivity index (χ3n) is 6.84. The molecule has 0 saturated carbocycles. The van der Waals surface area contributed by atoms with E-state index in [4.69, 9.17) is 28.2 Å². The molecule has 0 fully saturated rings.